The second-order valence-electron chi connectivity index (χ2n) is 8.21. The third kappa shape index (κ3) is 3.57. The van der Waals surface area contributed by atoms with Crippen LogP contribution in [0.15, 0.2) is 30.5 Å². The number of benzene rings is 1. The number of hydrogen-bond acceptors (Lipinski definition) is 5. The van der Waals surface area contributed by atoms with Gasteiger partial charge in [-0.2, -0.15) is 14.8 Å². The predicted molar refractivity (Wildman–Crippen MR) is 113 cm³/mol. The Morgan fingerprint density at radius 3 is 2.87 bits per heavy atom. The van der Waals surface area contributed by atoms with Crippen LogP contribution in [0, 0.1) is 29.2 Å². The Hall–Kier alpha value is -2.60. The van der Waals surface area contributed by atoms with E-state index in [0.717, 1.165) is 54.0 Å². The Morgan fingerprint density at radius 1 is 1.29 bits per heavy atom. The van der Waals surface area contributed by atoms with Crippen molar-refractivity contribution in [3.05, 3.63) is 68.7 Å². The van der Waals surface area contributed by atoms with Gasteiger partial charge in [0.25, 0.3) is 0 Å². The molecule has 1 aromatic carbocycles. The number of nitrogens with zero attached hydrogens (tertiary/aromatic N) is 4. The summed E-state index contributed by atoms with van der Waals surface area (Å²) in [6.45, 7) is 4.87. The van der Waals surface area contributed by atoms with E-state index in [1.54, 1.807) is 12.1 Å². The second-order valence-corrected chi connectivity index (χ2v) is 9.21. The zero-order valence-electron chi connectivity index (χ0n) is 17.2. The summed E-state index contributed by atoms with van der Waals surface area (Å²) >= 11 is 1.22. The van der Waals surface area contributed by atoms with E-state index in [9.17, 15) is 14.0 Å². The first-order valence-corrected chi connectivity index (χ1v) is 11.2. The van der Waals surface area contributed by atoms with Crippen LogP contribution in [0.3, 0.4) is 0 Å². The average Bonchev–Trinajstić information content (AvgIpc) is 3.32. The number of hydrogen-bond donors (Lipinski definition) is 0. The van der Waals surface area contributed by atoms with Gasteiger partial charge in [-0.05, 0) is 49.9 Å². The molecular weight excluding hydrogens is 418 g/mol. The van der Waals surface area contributed by atoms with Crippen LogP contribution in [0.5, 0.6) is 0 Å². The molecule has 0 aliphatic carbocycles. The third-order valence-corrected chi connectivity index (χ3v) is 7.49. The van der Waals surface area contributed by atoms with Gasteiger partial charge in [0.15, 0.2) is 5.13 Å². The molecule has 2 aliphatic heterocycles. The Balaban J connectivity index is 1.33. The van der Waals surface area contributed by atoms with Gasteiger partial charge in [0, 0.05) is 36.3 Å². The summed E-state index contributed by atoms with van der Waals surface area (Å²) in [5.74, 6) is -0.471. The molecule has 3 aromatic rings. The van der Waals surface area contributed by atoms with Gasteiger partial charge in [0.2, 0.25) is 0 Å². The summed E-state index contributed by atoms with van der Waals surface area (Å²) in [5, 5.41) is 13.7. The minimum atomic E-state index is -0.471. The van der Waals surface area contributed by atoms with Crippen LogP contribution in [-0.2, 0) is 23.3 Å². The fourth-order valence-electron chi connectivity index (χ4n) is 4.68. The van der Waals surface area contributed by atoms with Gasteiger partial charge in [0.1, 0.15) is 23.2 Å². The van der Waals surface area contributed by atoms with Gasteiger partial charge in [0.05, 0.1) is 17.9 Å². The zero-order chi connectivity index (χ0) is 21.6. The molecule has 0 saturated carbocycles. The molecule has 0 atom stereocenters. The summed E-state index contributed by atoms with van der Waals surface area (Å²) in [5.41, 5.74) is 2.96. The number of ether oxygens (including phenoxy) is 1. The molecule has 5 rings (SSSR count). The van der Waals surface area contributed by atoms with Gasteiger partial charge in [-0.1, -0.05) is 6.07 Å². The van der Waals surface area contributed by atoms with Crippen LogP contribution < -0.4 is 0 Å². The minimum Gasteiger partial charge on any atom is -0.369 e. The molecule has 0 radical (unpaired) electrons. The fraction of sp³-hybridized carbons (Fsp3) is 0.391. The summed E-state index contributed by atoms with van der Waals surface area (Å²) in [6.07, 6.45) is 4.22. The van der Waals surface area contributed by atoms with E-state index in [1.807, 2.05) is 19.2 Å². The van der Waals surface area contributed by atoms with E-state index < -0.39 is 5.82 Å². The summed E-state index contributed by atoms with van der Waals surface area (Å²) < 4.78 is 35.9. The smallest absolute Gasteiger partial charge is 0.177 e. The molecule has 0 N–H and O–H groups in total. The number of likely N-dealkylation sites (tertiary alicyclic amines) is 1. The predicted octanol–water partition coefficient (Wildman–Crippen LogP) is 4.46. The Bertz CT molecular complexity index is 1170. The third-order valence-electron chi connectivity index (χ3n) is 6.34. The largest absolute Gasteiger partial charge is 0.369 e. The van der Waals surface area contributed by atoms with Crippen molar-refractivity contribution in [2.75, 3.05) is 19.7 Å². The standard InChI is InChI=1S/C23H22F2N4OS/c1-15-18(14-29(27-15)21-17(12-26)3-2-4-19(21)24)13-28-8-6-23(7-9-28)22-16(5-10-30-23)11-20(25)31-22/h2-4,11,14H,5-10,13H2,1H3. The molecule has 0 unspecified atom stereocenters. The first-order valence-electron chi connectivity index (χ1n) is 10.4. The Morgan fingerprint density at radius 2 is 2.10 bits per heavy atom. The molecule has 0 bridgehead atoms. The van der Waals surface area contributed by atoms with Crippen molar-refractivity contribution in [2.45, 2.75) is 38.3 Å². The zero-order valence-corrected chi connectivity index (χ0v) is 18.0. The number of nitriles is 1. The first-order chi connectivity index (χ1) is 15.0. The number of aromatic nitrogens is 2. The molecular formula is C23H22F2N4OS. The highest BCUT2D eigenvalue weighted by atomic mass is 32.1. The Labute approximate surface area is 183 Å². The highest BCUT2D eigenvalue weighted by Crippen LogP contribution is 2.45. The molecule has 0 amide bonds. The molecule has 2 aliphatic rings. The quantitative estimate of drug-likeness (QED) is 0.604. The lowest BCUT2D eigenvalue weighted by Gasteiger charge is -2.43. The van der Waals surface area contributed by atoms with Crippen LogP contribution >= 0.6 is 11.3 Å². The van der Waals surface area contributed by atoms with Crippen molar-refractivity contribution in [3.63, 3.8) is 0 Å². The van der Waals surface area contributed by atoms with Gasteiger partial charge in [-0.25, -0.2) is 9.07 Å². The van der Waals surface area contributed by atoms with Crippen molar-refractivity contribution in [3.8, 4) is 11.8 Å². The van der Waals surface area contributed by atoms with Gasteiger partial charge < -0.3 is 4.74 Å². The number of halogens is 2. The maximum Gasteiger partial charge on any atom is 0.177 e. The average molecular weight is 441 g/mol. The van der Waals surface area contributed by atoms with Crippen molar-refractivity contribution in [1.29, 1.82) is 5.26 Å². The topological polar surface area (TPSA) is 54.1 Å². The van der Waals surface area contributed by atoms with E-state index in [1.165, 1.54) is 28.2 Å². The molecule has 2 aromatic heterocycles. The number of thiophene rings is 1. The molecule has 1 spiro atoms. The van der Waals surface area contributed by atoms with E-state index in [2.05, 4.69) is 10.00 Å². The SMILES string of the molecule is Cc1nn(-c2c(F)cccc2C#N)cc1CN1CCC2(CC1)OCCc1cc(F)sc12. The molecule has 31 heavy (non-hydrogen) atoms. The fourth-order valence-corrected chi connectivity index (χ4v) is 5.81. The summed E-state index contributed by atoms with van der Waals surface area (Å²) in [7, 11) is 0. The maximum absolute atomic E-state index is 14.4. The van der Waals surface area contributed by atoms with Crippen molar-refractivity contribution < 1.29 is 13.5 Å². The summed E-state index contributed by atoms with van der Waals surface area (Å²) in [6, 6.07) is 8.14. The number of rotatable bonds is 3. The van der Waals surface area contributed by atoms with Crippen LogP contribution in [-0.4, -0.2) is 34.4 Å². The van der Waals surface area contributed by atoms with Crippen molar-refractivity contribution >= 4 is 11.3 Å². The number of para-hydroxylation sites is 1. The van der Waals surface area contributed by atoms with Gasteiger partial charge >= 0.3 is 0 Å². The van der Waals surface area contributed by atoms with E-state index in [-0.39, 0.29) is 22.0 Å². The molecule has 4 heterocycles. The van der Waals surface area contributed by atoms with E-state index >= 15 is 0 Å². The monoisotopic (exact) mass is 440 g/mol. The molecule has 160 valence electrons. The number of fused-ring (bicyclic) bond motifs is 2. The normalized spacial score (nSPS) is 18.1. The number of aryl methyl sites for hydroxylation is 1. The maximum atomic E-state index is 14.4. The summed E-state index contributed by atoms with van der Waals surface area (Å²) in [4.78, 5) is 3.39. The molecule has 1 saturated heterocycles. The van der Waals surface area contributed by atoms with Gasteiger partial charge in [-0.3, -0.25) is 4.90 Å². The van der Waals surface area contributed by atoms with Crippen LogP contribution in [0.4, 0.5) is 8.78 Å². The highest BCUT2D eigenvalue weighted by Gasteiger charge is 2.42. The van der Waals surface area contributed by atoms with Crippen molar-refractivity contribution in [1.82, 2.24) is 14.7 Å². The lowest BCUT2D eigenvalue weighted by atomic mass is 9.85. The van der Waals surface area contributed by atoms with Crippen LogP contribution in [0.25, 0.3) is 5.69 Å². The lowest BCUT2D eigenvalue weighted by molar-refractivity contribution is -0.0960. The van der Waals surface area contributed by atoms with E-state index in [0.29, 0.717) is 13.2 Å². The van der Waals surface area contributed by atoms with Crippen LogP contribution in [0.1, 0.15) is 40.1 Å². The lowest BCUT2D eigenvalue weighted by Crippen LogP contribution is -2.45. The molecule has 1 fully saturated rings. The highest BCUT2D eigenvalue weighted by molar-refractivity contribution is 7.10. The first kappa shape index (κ1) is 20.3. The molecule has 5 nitrogen and oxygen atoms in total. The minimum absolute atomic E-state index is 0.134. The number of piperidine rings is 1. The second kappa shape index (κ2) is 7.83. The molecule has 8 heteroatoms. The van der Waals surface area contributed by atoms with Gasteiger partial charge in [-0.15, -0.1) is 11.3 Å². The Kier molecular flexibility index (Phi) is 5.13. The van der Waals surface area contributed by atoms with Crippen LogP contribution in [0.2, 0.25) is 0 Å². The van der Waals surface area contributed by atoms with E-state index in [4.69, 9.17) is 4.74 Å². The van der Waals surface area contributed by atoms with Crippen molar-refractivity contribution in [2.24, 2.45) is 0 Å².